The number of likely N-dealkylation sites (tertiary alicyclic amines) is 1. The molecule has 2 heterocycles. The molecule has 2 fully saturated rings. The van der Waals surface area contributed by atoms with E-state index in [1.54, 1.807) is 17.0 Å². The van der Waals surface area contributed by atoms with Crippen LogP contribution in [0.4, 0.5) is 9.18 Å². The zero-order chi connectivity index (χ0) is 28.0. The number of piperidine rings is 1. The first kappa shape index (κ1) is 29.0. The fraction of sp³-hybridized carbons (Fsp3) is 0.533. The number of halogens is 1. The number of aliphatic hydroxyl groups excluding tert-OH is 1. The number of ether oxygens (including phenoxy) is 1. The third-order valence-electron chi connectivity index (χ3n) is 8.11. The third kappa shape index (κ3) is 6.59. The maximum Gasteiger partial charge on any atom is 0.406 e. The highest BCUT2D eigenvalue weighted by atomic mass is 19.1. The Kier molecular flexibility index (Phi) is 9.58. The summed E-state index contributed by atoms with van der Waals surface area (Å²) in [6.45, 7) is 3.59. The second-order valence-electron chi connectivity index (χ2n) is 10.6. The molecular formula is C30H40FN3O5. The first-order valence-corrected chi connectivity index (χ1v) is 13.9. The number of benzene rings is 2. The van der Waals surface area contributed by atoms with E-state index in [0.29, 0.717) is 62.0 Å². The fourth-order valence-corrected chi connectivity index (χ4v) is 6.00. The normalized spacial score (nSPS) is 22.8. The number of β-amino-alcohol motifs (C(OH)–C–C–N with tert-alkyl or cyclic N) is 1. The van der Waals surface area contributed by atoms with Crippen LogP contribution in [0.2, 0.25) is 0 Å². The molecule has 0 bridgehead atoms. The molecule has 212 valence electrons. The van der Waals surface area contributed by atoms with Gasteiger partial charge in [-0.3, -0.25) is 4.79 Å². The monoisotopic (exact) mass is 541 g/mol. The summed E-state index contributed by atoms with van der Waals surface area (Å²) in [6.07, 6.45) is 2.11. The molecule has 8 nitrogen and oxygen atoms in total. The Morgan fingerprint density at radius 3 is 2.77 bits per heavy atom. The van der Waals surface area contributed by atoms with Crippen molar-refractivity contribution in [3.63, 3.8) is 0 Å². The van der Waals surface area contributed by atoms with Gasteiger partial charge in [-0.1, -0.05) is 43.3 Å². The average molecular weight is 542 g/mol. The molecule has 9 heteroatoms. The number of carbonyl (C=O) groups is 2. The summed E-state index contributed by atoms with van der Waals surface area (Å²) in [6, 6.07) is 12.1. The largest absolute Gasteiger partial charge is 0.453 e. The lowest BCUT2D eigenvalue weighted by atomic mass is 9.72. The number of aryl methyl sites for hydroxylation is 1. The number of nitrogens with one attached hydrogen (secondary N) is 2. The molecule has 0 radical (unpaired) electrons. The number of nitrogens with zero attached hydrogens (tertiary/aromatic N) is 1. The van der Waals surface area contributed by atoms with Crippen molar-refractivity contribution >= 4 is 12.0 Å². The Morgan fingerprint density at radius 1 is 1.26 bits per heavy atom. The van der Waals surface area contributed by atoms with Gasteiger partial charge in [0, 0.05) is 37.7 Å². The molecule has 2 aliphatic heterocycles. The van der Waals surface area contributed by atoms with Crippen LogP contribution in [0, 0.1) is 11.7 Å². The fourth-order valence-electron chi connectivity index (χ4n) is 6.00. The minimum Gasteiger partial charge on any atom is -0.453 e. The van der Waals surface area contributed by atoms with Crippen LogP contribution in [0.15, 0.2) is 42.5 Å². The molecule has 0 aromatic heterocycles. The quantitative estimate of drug-likeness (QED) is 0.363. The zero-order valence-electron chi connectivity index (χ0n) is 22.8. The van der Waals surface area contributed by atoms with Gasteiger partial charge in [-0.05, 0) is 61.3 Å². The first-order valence-electron chi connectivity index (χ1n) is 13.9. The van der Waals surface area contributed by atoms with Crippen molar-refractivity contribution in [3.05, 3.63) is 59.4 Å². The molecule has 0 saturated carbocycles. The summed E-state index contributed by atoms with van der Waals surface area (Å²) in [5.41, 5.74) is 1.15. The minimum absolute atomic E-state index is 0.0823. The van der Waals surface area contributed by atoms with Crippen molar-refractivity contribution in [1.82, 2.24) is 15.5 Å². The van der Waals surface area contributed by atoms with Crippen LogP contribution < -0.4 is 10.6 Å². The number of amides is 2. The van der Waals surface area contributed by atoms with E-state index in [1.165, 1.54) is 13.2 Å². The molecule has 2 aliphatic rings. The van der Waals surface area contributed by atoms with Crippen LogP contribution in [0.5, 0.6) is 0 Å². The van der Waals surface area contributed by atoms with Crippen LogP contribution >= 0.6 is 0 Å². The lowest BCUT2D eigenvalue weighted by Crippen LogP contribution is -2.52. The molecule has 0 spiro atoms. The van der Waals surface area contributed by atoms with Crippen molar-refractivity contribution < 1.29 is 28.9 Å². The van der Waals surface area contributed by atoms with E-state index in [9.17, 15) is 19.8 Å². The third-order valence-corrected chi connectivity index (χ3v) is 8.11. The number of alkyl carbamates (subject to hydrolysis) is 1. The minimum atomic E-state index is -1.46. The smallest absolute Gasteiger partial charge is 0.406 e. The standard InChI is InChI=1S/C30H40FN3O5/c1-3-20-8-4-9-21(16-20)27-24(11-5-12-25(27)31)30(38,13-7-14-32-29(37)39-2)22-10-6-15-34(19-22)28(36)26-17-23(35)18-33-26/h4-5,8-9,11-12,16,22-23,26,33,35,38H,3,6-7,10,13-15,17-19H2,1-2H3,(H,32,37). The SMILES string of the molecule is CCc1cccc(-c2c(F)cccc2C(O)(CCCNC(=O)OC)C2CCCN(C(=O)C3CC(O)CN3)C2)c1. The summed E-state index contributed by atoms with van der Waals surface area (Å²) in [5, 5.41) is 28.2. The average Bonchev–Trinajstić information content (AvgIpc) is 3.40. The molecule has 2 amide bonds. The Hall–Kier alpha value is -3.01. The molecule has 0 aliphatic carbocycles. The van der Waals surface area contributed by atoms with E-state index in [0.717, 1.165) is 12.0 Å². The van der Waals surface area contributed by atoms with Gasteiger partial charge in [0.15, 0.2) is 0 Å². The van der Waals surface area contributed by atoms with E-state index in [2.05, 4.69) is 15.4 Å². The van der Waals surface area contributed by atoms with Crippen molar-refractivity contribution in [2.24, 2.45) is 5.92 Å². The number of carbonyl (C=O) groups excluding carboxylic acids is 2. The summed E-state index contributed by atoms with van der Waals surface area (Å²) in [4.78, 5) is 26.7. The van der Waals surface area contributed by atoms with Crippen LogP contribution in [0.25, 0.3) is 11.1 Å². The number of hydrogen-bond acceptors (Lipinski definition) is 6. The molecule has 4 rings (SSSR count). The van der Waals surface area contributed by atoms with Gasteiger partial charge in [0.2, 0.25) is 5.91 Å². The first-order chi connectivity index (χ1) is 18.8. The summed E-state index contributed by atoms with van der Waals surface area (Å²) < 4.78 is 20.2. The lowest BCUT2D eigenvalue weighted by molar-refractivity contribution is -0.138. The molecule has 39 heavy (non-hydrogen) atoms. The van der Waals surface area contributed by atoms with Gasteiger partial charge in [-0.15, -0.1) is 0 Å². The van der Waals surface area contributed by atoms with Crippen molar-refractivity contribution in [1.29, 1.82) is 0 Å². The van der Waals surface area contributed by atoms with Crippen LogP contribution in [0.3, 0.4) is 0 Å². The lowest BCUT2D eigenvalue weighted by Gasteiger charge is -2.44. The molecule has 2 saturated heterocycles. The van der Waals surface area contributed by atoms with Crippen LogP contribution in [-0.2, 0) is 21.6 Å². The van der Waals surface area contributed by atoms with Gasteiger partial charge in [-0.25, -0.2) is 9.18 Å². The molecule has 4 unspecified atom stereocenters. The molecular weight excluding hydrogens is 501 g/mol. The highest BCUT2D eigenvalue weighted by Gasteiger charge is 2.44. The summed E-state index contributed by atoms with van der Waals surface area (Å²) in [7, 11) is 1.29. The van der Waals surface area contributed by atoms with Gasteiger partial charge in [0.1, 0.15) is 5.82 Å². The van der Waals surface area contributed by atoms with Crippen molar-refractivity contribution in [2.45, 2.75) is 63.2 Å². The molecule has 2 aromatic carbocycles. The van der Waals surface area contributed by atoms with Gasteiger partial charge in [0.05, 0.1) is 24.9 Å². The topological polar surface area (TPSA) is 111 Å². The Balaban J connectivity index is 1.69. The number of rotatable bonds is 9. The summed E-state index contributed by atoms with van der Waals surface area (Å²) in [5.74, 6) is -0.851. The number of aliphatic hydroxyl groups is 2. The predicted octanol–water partition coefficient (Wildman–Crippen LogP) is 3.34. The zero-order valence-corrected chi connectivity index (χ0v) is 22.8. The van der Waals surface area contributed by atoms with E-state index in [1.807, 2.05) is 31.2 Å². The number of hydrogen-bond donors (Lipinski definition) is 4. The Morgan fingerprint density at radius 2 is 2.05 bits per heavy atom. The highest BCUT2D eigenvalue weighted by Crippen LogP contribution is 2.44. The van der Waals surface area contributed by atoms with Crippen LogP contribution in [-0.4, -0.2) is 72.5 Å². The van der Waals surface area contributed by atoms with Gasteiger partial charge < -0.3 is 30.5 Å². The molecule has 4 atom stereocenters. The van der Waals surface area contributed by atoms with Crippen LogP contribution in [0.1, 0.15) is 50.2 Å². The van der Waals surface area contributed by atoms with E-state index >= 15 is 4.39 Å². The predicted molar refractivity (Wildman–Crippen MR) is 146 cm³/mol. The maximum atomic E-state index is 15.6. The maximum absolute atomic E-state index is 15.6. The Bertz CT molecular complexity index is 1160. The van der Waals surface area contributed by atoms with Gasteiger partial charge in [0.25, 0.3) is 0 Å². The van der Waals surface area contributed by atoms with Gasteiger partial charge >= 0.3 is 6.09 Å². The molecule has 2 aromatic rings. The Labute approximate surface area is 229 Å². The van der Waals surface area contributed by atoms with Gasteiger partial charge in [-0.2, -0.15) is 0 Å². The van der Waals surface area contributed by atoms with E-state index in [-0.39, 0.29) is 24.8 Å². The van der Waals surface area contributed by atoms with Crippen molar-refractivity contribution in [3.8, 4) is 11.1 Å². The molecule has 4 N–H and O–H groups in total. The van der Waals surface area contributed by atoms with E-state index in [4.69, 9.17) is 0 Å². The second-order valence-corrected chi connectivity index (χ2v) is 10.6. The van der Waals surface area contributed by atoms with Crippen molar-refractivity contribution in [2.75, 3.05) is 33.3 Å². The van der Waals surface area contributed by atoms with E-state index < -0.39 is 29.7 Å². The number of methoxy groups -OCH3 is 1. The second kappa shape index (κ2) is 12.9. The summed E-state index contributed by atoms with van der Waals surface area (Å²) >= 11 is 0. The highest BCUT2D eigenvalue weighted by molar-refractivity contribution is 5.82.